The normalized spacial score (nSPS) is 15.3. The number of carbonyl (C=O) groups excluding carboxylic acids is 1. The summed E-state index contributed by atoms with van der Waals surface area (Å²) in [6.45, 7) is 4.22. The number of hydrogen-bond donors (Lipinski definition) is 1. The quantitative estimate of drug-likeness (QED) is 0.640. The molecule has 160 valence electrons. The Bertz CT molecular complexity index is 956. The monoisotopic (exact) mass is 416 g/mol. The summed E-state index contributed by atoms with van der Waals surface area (Å²) in [5.74, 6) is 0.819. The number of methoxy groups -OCH3 is 1. The third-order valence-electron chi connectivity index (χ3n) is 5.75. The molecular formula is C25H28N4O2. The summed E-state index contributed by atoms with van der Waals surface area (Å²) in [6.07, 6.45) is 3.68. The largest absolute Gasteiger partial charge is 0.497 e. The number of ether oxygens (including phenoxy) is 1. The molecule has 0 aliphatic carbocycles. The first kappa shape index (κ1) is 20.9. The molecule has 0 radical (unpaired) electrons. The molecular weight excluding hydrogens is 388 g/mol. The summed E-state index contributed by atoms with van der Waals surface area (Å²) in [6, 6.07) is 21.7. The molecule has 3 aromatic rings. The zero-order valence-electron chi connectivity index (χ0n) is 17.8. The number of nitrogens with one attached hydrogen (secondary N) is 1. The van der Waals surface area contributed by atoms with Crippen LogP contribution in [0.3, 0.4) is 0 Å². The van der Waals surface area contributed by atoms with Crippen LogP contribution in [0.4, 0.5) is 5.69 Å². The summed E-state index contributed by atoms with van der Waals surface area (Å²) in [5.41, 5.74) is 3.00. The number of benzene rings is 2. The van der Waals surface area contributed by atoms with Gasteiger partial charge in [0.1, 0.15) is 5.75 Å². The molecule has 1 saturated heterocycles. The van der Waals surface area contributed by atoms with E-state index in [-0.39, 0.29) is 11.9 Å². The number of piperazine rings is 1. The van der Waals surface area contributed by atoms with Gasteiger partial charge >= 0.3 is 0 Å². The number of carbonyl (C=O) groups is 1. The summed E-state index contributed by atoms with van der Waals surface area (Å²) in [7, 11) is 1.68. The highest BCUT2D eigenvalue weighted by atomic mass is 16.5. The van der Waals surface area contributed by atoms with Crippen molar-refractivity contribution in [1.29, 1.82) is 0 Å². The zero-order valence-corrected chi connectivity index (χ0v) is 17.8. The Kier molecular flexibility index (Phi) is 6.79. The summed E-state index contributed by atoms with van der Waals surface area (Å²) in [5, 5.41) is 3.11. The lowest BCUT2D eigenvalue weighted by Gasteiger charge is -2.40. The van der Waals surface area contributed by atoms with Gasteiger partial charge in [-0.15, -0.1) is 0 Å². The smallest absolute Gasteiger partial charge is 0.251 e. The van der Waals surface area contributed by atoms with Crippen molar-refractivity contribution in [3.63, 3.8) is 0 Å². The van der Waals surface area contributed by atoms with Crippen molar-refractivity contribution in [2.24, 2.45) is 0 Å². The van der Waals surface area contributed by atoms with E-state index in [0.29, 0.717) is 12.1 Å². The van der Waals surface area contributed by atoms with Gasteiger partial charge in [0.2, 0.25) is 0 Å². The van der Waals surface area contributed by atoms with E-state index < -0.39 is 0 Å². The highest BCUT2D eigenvalue weighted by molar-refractivity contribution is 5.94. The summed E-state index contributed by atoms with van der Waals surface area (Å²) < 4.78 is 5.27. The van der Waals surface area contributed by atoms with Crippen molar-refractivity contribution in [2.75, 3.05) is 44.7 Å². The maximum atomic E-state index is 12.6. The van der Waals surface area contributed by atoms with Gasteiger partial charge in [-0.2, -0.15) is 0 Å². The van der Waals surface area contributed by atoms with Gasteiger partial charge in [-0.3, -0.25) is 14.7 Å². The molecule has 1 unspecified atom stereocenters. The van der Waals surface area contributed by atoms with E-state index >= 15 is 0 Å². The van der Waals surface area contributed by atoms with Crippen LogP contribution in [-0.2, 0) is 0 Å². The summed E-state index contributed by atoms with van der Waals surface area (Å²) >= 11 is 0. The van der Waals surface area contributed by atoms with Gasteiger partial charge < -0.3 is 15.0 Å². The molecule has 6 heteroatoms. The van der Waals surface area contributed by atoms with E-state index in [9.17, 15) is 4.79 Å². The van der Waals surface area contributed by atoms with Gasteiger partial charge in [0.15, 0.2) is 0 Å². The Morgan fingerprint density at radius 3 is 2.39 bits per heavy atom. The molecule has 6 nitrogen and oxygen atoms in total. The standard InChI is InChI=1S/C25H28N4O2/c1-31-23-11-9-22(10-12-23)28-14-16-29(17-15-28)24(21-8-5-13-26-18-21)19-27-25(30)20-6-3-2-4-7-20/h2-13,18,24H,14-17,19H2,1H3,(H,27,30). The Morgan fingerprint density at radius 1 is 1.00 bits per heavy atom. The average molecular weight is 417 g/mol. The molecule has 4 rings (SSSR count). The molecule has 0 bridgehead atoms. The van der Waals surface area contributed by atoms with E-state index in [1.807, 2.05) is 54.7 Å². The van der Waals surface area contributed by atoms with Crippen molar-refractivity contribution in [2.45, 2.75) is 6.04 Å². The fourth-order valence-corrected chi connectivity index (χ4v) is 4.00. The third kappa shape index (κ3) is 5.22. The van der Waals surface area contributed by atoms with Crippen molar-refractivity contribution in [3.05, 3.63) is 90.3 Å². The number of rotatable bonds is 7. The van der Waals surface area contributed by atoms with E-state index in [1.165, 1.54) is 5.69 Å². The van der Waals surface area contributed by atoms with E-state index in [2.05, 4.69) is 38.3 Å². The molecule has 1 fully saturated rings. The third-order valence-corrected chi connectivity index (χ3v) is 5.75. The molecule has 1 N–H and O–H groups in total. The Morgan fingerprint density at radius 2 is 1.74 bits per heavy atom. The van der Waals surface area contributed by atoms with Gasteiger partial charge in [-0.05, 0) is 48.0 Å². The first-order chi connectivity index (χ1) is 15.2. The Labute approximate surface area is 183 Å². The van der Waals surface area contributed by atoms with Crippen LogP contribution < -0.4 is 15.0 Å². The second-order valence-corrected chi connectivity index (χ2v) is 7.60. The lowest BCUT2D eigenvalue weighted by molar-refractivity contribution is 0.0930. The molecule has 1 amide bonds. The SMILES string of the molecule is COc1ccc(N2CCN(C(CNC(=O)c3ccccc3)c3cccnc3)CC2)cc1. The van der Waals surface area contributed by atoms with Crippen LogP contribution in [0.2, 0.25) is 0 Å². The van der Waals surface area contributed by atoms with Crippen molar-refractivity contribution >= 4 is 11.6 Å². The molecule has 1 aliphatic rings. The molecule has 2 heterocycles. The number of anilines is 1. The van der Waals surface area contributed by atoms with Crippen molar-refractivity contribution in [3.8, 4) is 5.75 Å². The van der Waals surface area contributed by atoms with Crippen LogP contribution in [-0.4, -0.2) is 55.6 Å². The van der Waals surface area contributed by atoms with Crippen LogP contribution in [0, 0.1) is 0 Å². The van der Waals surface area contributed by atoms with Crippen LogP contribution in [0.1, 0.15) is 22.0 Å². The van der Waals surface area contributed by atoms with E-state index in [0.717, 1.165) is 37.5 Å². The number of amides is 1. The van der Waals surface area contributed by atoms with Gasteiger partial charge in [0, 0.05) is 56.4 Å². The van der Waals surface area contributed by atoms with Gasteiger partial charge in [0.05, 0.1) is 13.2 Å². The lowest BCUT2D eigenvalue weighted by atomic mass is 10.1. The van der Waals surface area contributed by atoms with Crippen LogP contribution in [0.25, 0.3) is 0 Å². The maximum absolute atomic E-state index is 12.6. The summed E-state index contributed by atoms with van der Waals surface area (Å²) in [4.78, 5) is 21.7. The second kappa shape index (κ2) is 10.1. The molecule has 31 heavy (non-hydrogen) atoms. The number of nitrogens with zero attached hydrogens (tertiary/aromatic N) is 3. The zero-order chi connectivity index (χ0) is 21.5. The minimum Gasteiger partial charge on any atom is -0.497 e. The maximum Gasteiger partial charge on any atom is 0.251 e. The highest BCUT2D eigenvalue weighted by Gasteiger charge is 2.26. The molecule has 1 aromatic heterocycles. The van der Waals surface area contributed by atoms with Gasteiger partial charge in [-0.1, -0.05) is 24.3 Å². The van der Waals surface area contributed by atoms with Crippen molar-refractivity contribution < 1.29 is 9.53 Å². The van der Waals surface area contributed by atoms with Crippen LogP contribution >= 0.6 is 0 Å². The van der Waals surface area contributed by atoms with Crippen molar-refractivity contribution in [1.82, 2.24) is 15.2 Å². The highest BCUT2D eigenvalue weighted by Crippen LogP contribution is 2.25. The fraction of sp³-hybridized carbons (Fsp3) is 0.280. The van der Waals surface area contributed by atoms with E-state index in [1.54, 1.807) is 13.3 Å². The number of pyridine rings is 1. The van der Waals surface area contributed by atoms with Gasteiger partial charge in [-0.25, -0.2) is 0 Å². The molecule has 0 saturated carbocycles. The average Bonchev–Trinajstić information content (AvgIpc) is 2.86. The first-order valence-electron chi connectivity index (χ1n) is 10.6. The minimum absolute atomic E-state index is 0.0497. The fourth-order valence-electron chi connectivity index (χ4n) is 4.00. The van der Waals surface area contributed by atoms with E-state index in [4.69, 9.17) is 4.74 Å². The predicted octanol–water partition coefficient (Wildman–Crippen LogP) is 3.38. The Hall–Kier alpha value is -3.38. The minimum atomic E-state index is -0.0497. The van der Waals surface area contributed by atoms with Gasteiger partial charge in [0.25, 0.3) is 5.91 Å². The second-order valence-electron chi connectivity index (χ2n) is 7.60. The van der Waals surface area contributed by atoms with Crippen LogP contribution in [0.5, 0.6) is 5.75 Å². The topological polar surface area (TPSA) is 57.7 Å². The first-order valence-corrected chi connectivity index (χ1v) is 10.6. The lowest BCUT2D eigenvalue weighted by Crippen LogP contribution is -2.50. The predicted molar refractivity (Wildman–Crippen MR) is 123 cm³/mol. The molecule has 2 aromatic carbocycles. The molecule has 0 spiro atoms. The number of aromatic nitrogens is 1. The molecule has 1 aliphatic heterocycles. The molecule has 1 atom stereocenters. The van der Waals surface area contributed by atoms with Crippen LogP contribution in [0.15, 0.2) is 79.1 Å². The number of hydrogen-bond acceptors (Lipinski definition) is 5. The Balaban J connectivity index is 1.42.